The van der Waals surface area contributed by atoms with Crippen molar-refractivity contribution in [2.75, 3.05) is 20.8 Å². The number of methoxy groups -OCH3 is 2. The molecule has 1 N–H and O–H groups in total. The fraction of sp³-hybridized carbons (Fsp3) is 0.263. The molecule has 1 aliphatic rings. The first-order chi connectivity index (χ1) is 11.7. The molecule has 0 saturated carbocycles. The van der Waals surface area contributed by atoms with Gasteiger partial charge in [-0.2, -0.15) is 0 Å². The number of furan rings is 1. The average Bonchev–Trinajstić information content (AvgIpc) is 3.01. The van der Waals surface area contributed by atoms with Gasteiger partial charge in [0.15, 0.2) is 11.5 Å². The van der Waals surface area contributed by atoms with Gasteiger partial charge in [-0.1, -0.05) is 18.2 Å². The van der Waals surface area contributed by atoms with Gasteiger partial charge in [-0.3, -0.25) is 0 Å². The van der Waals surface area contributed by atoms with Crippen LogP contribution in [0.1, 0.15) is 11.3 Å². The summed E-state index contributed by atoms with van der Waals surface area (Å²) in [7, 11) is 3.21. The summed E-state index contributed by atoms with van der Waals surface area (Å²) in [4.78, 5) is 0.864. The molecular weight excluding hydrogens is 322 g/mol. The number of rotatable bonds is 2. The Kier molecular flexibility index (Phi) is 5.33. The smallest absolute Gasteiger partial charge is 0.161 e. The monoisotopic (exact) mass is 343 g/mol. The van der Waals surface area contributed by atoms with Gasteiger partial charge >= 0.3 is 0 Å². The standard InChI is InChI=1S/C11H11NO.C8H10O2S/c1-2-4-10-8(3-1)9-5-6-12-7-11(9)13-10;1-9-7-4-3-6(11)5-8(7)10-2/h1-4,12H,5-7H2;3-5,11H,1-2H3. The van der Waals surface area contributed by atoms with Crippen molar-refractivity contribution in [3.63, 3.8) is 0 Å². The van der Waals surface area contributed by atoms with E-state index < -0.39 is 0 Å². The van der Waals surface area contributed by atoms with E-state index in [4.69, 9.17) is 13.9 Å². The minimum absolute atomic E-state index is 0.708. The molecular formula is C19H21NO3S. The molecule has 4 rings (SSSR count). The van der Waals surface area contributed by atoms with Crippen LogP contribution >= 0.6 is 12.6 Å². The van der Waals surface area contributed by atoms with Crippen molar-refractivity contribution in [3.8, 4) is 11.5 Å². The number of thiol groups is 1. The van der Waals surface area contributed by atoms with Gasteiger partial charge in [-0.25, -0.2) is 0 Å². The Bertz CT molecular complexity index is 829. The van der Waals surface area contributed by atoms with Crippen molar-refractivity contribution in [2.45, 2.75) is 17.9 Å². The molecule has 1 aromatic heterocycles. The predicted molar refractivity (Wildman–Crippen MR) is 98.4 cm³/mol. The van der Waals surface area contributed by atoms with Crippen LogP contribution < -0.4 is 14.8 Å². The highest BCUT2D eigenvalue weighted by Crippen LogP contribution is 2.29. The summed E-state index contributed by atoms with van der Waals surface area (Å²) in [5, 5.41) is 4.60. The molecule has 0 saturated heterocycles. The molecule has 1 aliphatic heterocycles. The van der Waals surface area contributed by atoms with Gasteiger partial charge in [0, 0.05) is 15.8 Å². The molecule has 0 atom stereocenters. The molecule has 0 radical (unpaired) electrons. The molecule has 24 heavy (non-hydrogen) atoms. The lowest BCUT2D eigenvalue weighted by Gasteiger charge is -2.10. The number of hydrogen-bond acceptors (Lipinski definition) is 5. The van der Waals surface area contributed by atoms with Crippen molar-refractivity contribution >= 4 is 23.6 Å². The number of para-hydroxylation sites is 1. The number of hydrogen-bond donors (Lipinski definition) is 2. The van der Waals surface area contributed by atoms with Crippen LogP contribution in [0.4, 0.5) is 0 Å². The molecule has 2 heterocycles. The fourth-order valence-electron chi connectivity index (χ4n) is 2.81. The van der Waals surface area contributed by atoms with E-state index >= 15 is 0 Å². The van der Waals surface area contributed by atoms with Gasteiger partial charge in [-0.05, 0) is 37.2 Å². The maximum Gasteiger partial charge on any atom is 0.161 e. The summed E-state index contributed by atoms with van der Waals surface area (Å²) in [5.41, 5.74) is 2.42. The minimum Gasteiger partial charge on any atom is -0.493 e. The maximum atomic E-state index is 5.73. The number of nitrogens with one attached hydrogen (secondary N) is 1. The quantitative estimate of drug-likeness (QED) is 0.689. The molecule has 126 valence electrons. The van der Waals surface area contributed by atoms with Crippen molar-refractivity contribution in [1.82, 2.24) is 5.32 Å². The topological polar surface area (TPSA) is 43.6 Å². The second-order valence-corrected chi connectivity index (χ2v) is 5.98. The van der Waals surface area contributed by atoms with Gasteiger partial charge < -0.3 is 19.2 Å². The molecule has 0 spiro atoms. The van der Waals surface area contributed by atoms with Crippen molar-refractivity contribution in [1.29, 1.82) is 0 Å². The largest absolute Gasteiger partial charge is 0.493 e. The van der Waals surface area contributed by atoms with Crippen LogP contribution in [0.2, 0.25) is 0 Å². The Morgan fingerprint density at radius 2 is 1.83 bits per heavy atom. The summed E-state index contributed by atoms with van der Waals surface area (Å²) in [6.07, 6.45) is 1.09. The zero-order valence-electron chi connectivity index (χ0n) is 13.8. The van der Waals surface area contributed by atoms with E-state index in [1.807, 2.05) is 30.3 Å². The van der Waals surface area contributed by atoms with Crippen LogP contribution in [0, 0.1) is 0 Å². The van der Waals surface area contributed by atoms with Gasteiger partial charge in [0.05, 0.1) is 20.8 Å². The number of fused-ring (bicyclic) bond motifs is 3. The van der Waals surface area contributed by atoms with E-state index in [0.717, 1.165) is 41.5 Å². The second kappa shape index (κ2) is 7.64. The lowest BCUT2D eigenvalue weighted by Crippen LogP contribution is -2.22. The first-order valence-corrected chi connectivity index (χ1v) is 8.28. The number of ether oxygens (including phenoxy) is 2. The third-order valence-electron chi connectivity index (χ3n) is 3.99. The average molecular weight is 343 g/mol. The van der Waals surface area contributed by atoms with Crippen LogP contribution in [-0.2, 0) is 13.0 Å². The fourth-order valence-corrected chi connectivity index (χ4v) is 3.00. The highest BCUT2D eigenvalue weighted by atomic mass is 32.1. The van der Waals surface area contributed by atoms with Gasteiger partial charge in [0.1, 0.15) is 11.3 Å². The molecule has 5 heteroatoms. The first kappa shape index (κ1) is 16.7. The normalized spacial score (nSPS) is 13.0. The van der Waals surface area contributed by atoms with Gasteiger partial charge in [0.25, 0.3) is 0 Å². The summed E-state index contributed by atoms with van der Waals surface area (Å²) in [5.74, 6) is 2.55. The molecule has 0 bridgehead atoms. The Hall–Kier alpha value is -2.11. The van der Waals surface area contributed by atoms with E-state index in [9.17, 15) is 0 Å². The third-order valence-corrected chi connectivity index (χ3v) is 4.26. The van der Waals surface area contributed by atoms with Crippen molar-refractivity contribution in [2.24, 2.45) is 0 Å². The summed E-state index contributed by atoms with van der Waals surface area (Å²) >= 11 is 4.16. The summed E-state index contributed by atoms with van der Waals surface area (Å²) < 4.78 is 15.8. The van der Waals surface area contributed by atoms with E-state index in [2.05, 4.69) is 30.1 Å². The van der Waals surface area contributed by atoms with Gasteiger partial charge in [0.2, 0.25) is 0 Å². The third kappa shape index (κ3) is 3.52. The van der Waals surface area contributed by atoms with Gasteiger partial charge in [-0.15, -0.1) is 12.6 Å². The molecule has 2 aromatic carbocycles. The Labute approximate surface area is 147 Å². The predicted octanol–water partition coefficient (Wildman–Crippen LogP) is 4.07. The Morgan fingerprint density at radius 3 is 2.62 bits per heavy atom. The maximum absolute atomic E-state index is 5.73. The van der Waals surface area contributed by atoms with Crippen LogP contribution in [0.25, 0.3) is 11.0 Å². The summed E-state index contributed by atoms with van der Waals surface area (Å²) in [6, 6.07) is 13.7. The molecule has 0 aliphatic carbocycles. The van der Waals surface area contributed by atoms with E-state index in [1.165, 1.54) is 10.9 Å². The van der Waals surface area contributed by atoms with E-state index in [0.29, 0.717) is 5.75 Å². The minimum atomic E-state index is 0.708. The van der Waals surface area contributed by atoms with Crippen LogP contribution in [-0.4, -0.2) is 20.8 Å². The first-order valence-electron chi connectivity index (χ1n) is 7.84. The SMILES string of the molecule is COc1ccc(S)cc1OC.c1ccc2c3c(oc2c1)CNCC3. The Balaban J connectivity index is 0.000000144. The highest BCUT2D eigenvalue weighted by Gasteiger charge is 2.16. The molecule has 0 fully saturated rings. The molecule has 4 nitrogen and oxygen atoms in total. The summed E-state index contributed by atoms with van der Waals surface area (Å²) in [6.45, 7) is 1.94. The number of benzene rings is 2. The lowest BCUT2D eigenvalue weighted by molar-refractivity contribution is 0.354. The molecule has 3 aromatic rings. The van der Waals surface area contributed by atoms with Crippen molar-refractivity contribution < 1.29 is 13.9 Å². The van der Waals surface area contributed by atoms with E-state index in [-0.39, 0.29) is 0 Å². The lowest BCUT2D eigenvalue weighted by atomic mass is 10.1. The zero-order valence-corrected chi connectivity index (χ0v) is 14.7. The Morgan fingerprint density at radius 1 is 1.04 bits per heavy atom. The van der Waals surface area contributed by atoms with E-state index in [1.54, 1.807) is 14.2 Å². The van der Waals surface area contributed by atoms with Crippen LogP contribution in [0.5, 0.6) is 11.5 Å². The van der Waals surface area contributed by atoms with Crippen LogP contribution in [0.15, 0.2) is 51.8 Å². The van der Waals surface area contributed by atoms with Crippen molar-refractivity contribution in [3.05, 3.63) is 53.8 Å². The molecule has 0 amide bonds. The molecule has 0 unspecified atom stereocenters. The zero-order chi connectivity index (χ0) is 16.9. The highest BCUT2D eigenvalue weighted by molar-refractivity contribution is 7.80. The van der Waals surface area contributed by atoms with Crippen LogP contribution in [0.3, 0.4) is 0 Å². The second-order valence-electron chi connectivity index (χ2n) is 5.47.